The molecule has 14 heavy (non-hydrogen) atoms. The molecule has 1 fully saturated rings. The first-order valence-corrected chi connectivity index (χ1v) is 5.68. The Labute approximate surface area is 87.2 Å². The van der Waals surface area contributed by atoms with E-state index in [1.54, 1.807) is 7.11 Å². The Bertz CT molecular complexity index is 141. The second-order valence-electron chi connectivity index (χ2n) is 3.98. The van der Waals surface area contributed by atoms with Gasteiger partial charge in [0.1, 0.15) is 0 Å². The van der Waals surface area contributed by atoms with E-state index in [0.29, 0.717) is 12.1 Å². The van der Waals surface area contributed by atoms with Crippen molar-refractivity contribution in [3.8, 4) is 0 Å². The Kier molecular flexibility index (Phi) is 6.15. The van der Waals surface area contributed by atoms with Crippen molar-refractivity contribution >= 4 is 0 Å². The van der Waals surface area contributed by atoms with E-state index >= 15 is 0 Å². The Balaban J connectivity index is 1.88. The molecule has 0 spiro atoms. The van der Waals surface area contributed by atoms with Crippen LogP contribution in [0.2, 0.25) is 0 Å². The molecular weight excluding hydrogens is 178 g/mol. The average molecular weight is 201 g/mol. The lowest BCUT2D eigenvalue weighted by Gasteiger charge is -2.15. The minimum atomic E-state index is 0.397. The van der Waals surface area contributed by atoms with Crippen LogP contribution >= 0.6 is 0 Å². The summed E-state index contributed by atoms with van der Waals surface area (Å²) in [7, 11) is 1.76. The molecule has 0 radical (unpaired) electrons. The highest BCUT2D eigenvalue weighted by Gasteiger charge is 2.22. The van der Waals surface area contributed by atoms with Gasteiger partial charge in [-0.3, -0.25) is 0 Å². The van der Waals surface area contributed by atoms with E-state index in [9.17, 15) is 0 Å². The molecule has 3 nitrogen and oxygen atoms in total. The first-order chi connectivity index (χ1) is 6.84. The van der Waals surface area contributed by atoms with Gasteiger partial charge in [-0.25, -0.2) is 0 Å². The summed E-state index contributed by atoms with van der Waals surface area (Å²) in [6.45, 7) is 5.07. The summed E-state index contributed by atoms with van der Waals surface area (Å²) < 4.78 is 10.5. The van der Waals surface area contributed by atoms with Gasteiger partial charge in [-0.05, 0) is 39.2 Å². The van der Waals surface area contributed by atoms with Crippen LogP contribution in [-0.4, -0.2) is 39.0 Å². The zero-order valence-corrected chi connectivity index (χ0v) is 9.42. The van der Waals surface area contributed by atoms with Crippen LogP contribution in [0, 0.1) is 0 Å². The van der Waals surface area contributed by atoms with Crippen LogP contribution in [0.1, 0.15) is 32.6 Å². The van der Waals surface area contributed by atoms with Gasteiger partial charge in [0.05, 0.1) is 6.10 Å². The summed E-state index contributed by atoms with van der Waals surface area (Å²) in [5.41, 5.74) is 0. The van der Waals surface area contributed by atoms with Crippen molar-refractivity contribution in [2.75, 3.05) is 26.9 Å². The second kappa shape index (κ2) is 7.21. The fraction of sp³-hybridized carbons (Fsp3) is 1.00. The van der Waals surface area contributed by atoms with Gasteiger partial charge in [0.25, 0.3) is 0 Å². The minimum Gasteiger partial charge on any atom is -0.385 e. The Morgan fingerprint density at radius 2 is 2.21 bits per heavy atom. The SMILES string of the molecule is COCCCCCNC1CCOC1C. The lowest BCUT2D eigenvalue weighted by atomic mass is 10.1. The number of methoxy groups -OCH3 is 1. The van der Waals surface area contributed by atoms with Crippen molar-refractivity contribution in [3.05, 3.63) is 0 Å². The number of ether oxygens (including phenoxy) is 2. The second-order valence-corrected chi connectivity index (χ2v) is 3.98. The topological polar surface area (TPSA) is 30.5 Å². The fourth-order valence-electron chi connectivity index (χ4n) is 1.84. The molecule has 0 aliphatic carbocycles. The highest BCUT2D eigenvalue weighted by Crippen LogP contribution is 2.12. The summed E-state index contributed by atoms with van der Waals surface area (Å²) in [4.78, 5) is 0. The van der Waals surface area contributed by atoms with Crippen molar-refractivity contribution in [2.45, 2.75) is 44.8 Å². The first kappa shape index (κ1) is 12.0. The lowest BCUT2D eigenvalue weighted by molar-refractivity contribution is 0.113. The van der Waals surface area contributed by atoms with E-state index in [4.69, 9.17) is 9.47 Å². The van der Waals surface area contributed by atoms with E-state index in [1.807, 2.05) is 0 Å². The third-order valence-corrected chi connectivity index (χ3v) is 2.81. The van der Waals surface area contributed by atoms with Crippen molar-refractivity contribution in [1.82, 2.24) is 5.32 Å². The molecule has 1 rings (SSSR count). The molecule has 0 saturated carbocycles. The number of hydrogen-bond donors (Lipinski definition) is 1. The number of hydrogen-bond acceptors (Lipinski definition) is 3. The number of rotatable bonds is 7. The van der Waals surface area contributed by atoms with Gasteiger partial charge in [-0.1, -0.05) is 0 Å². The molecule has 2 atom stereocenters. The molecule has 0 aromatic carbocycles. The fourth-order valence-corrected chi connectivity index (χ4v) is 1.84. The average Bonchev–Trinajstić information content (AvgIpc) is 2.58. The molecule has 84 valence electrons. The van der Waals surface area contributed by atoms with Crippen LogP contribution in [-0.2, 0) is 9.47 Å². The van der Waals surface area contributed by atoms with Gasteiger partial charge >= 0.3 is 0 Å². The van der Waals surface area contributed by atoms with E-state index in [0.717, 1.165) is 19.8 Å². The number of unbranched alkanes of at least 4 members (excludes halogenated alkanes) is 2. The Morgan fingerprint density at radius 1 is 1.36 bits per heavy atom. The van der Waals surface area contributed by atoms with Gasteiger partial charge in [0.2, 0.25) is 0 Å². The van der Waals surface area contributed by atoms with E-state index in [2.05, 4.69) is 12.2 Å². The lowest BCUT2D eigenvalue weighted by Crippen LogP contribution is -2.35. The molecule has 2 unspecified atom stereocenters. The van der Waals surface area contributed by atoms with Crippen molar-refractivity contribution in [2.24, 2.45) is 0 Å². The molecule has 0 bridgehead atoms. The summed E-state index contributed by atoms with van der Waals surface area (Å²) >= 11 is 0. The predicted octanol–water partition coefficient (Wildman–Crippen LogP) is 1.57. The Hall–Kier alpha value is -0.120. The van der Waals surface area contributed by atoms with Gasteiger partial charge < -0.3 is 14.8 Å². The zero-order chi connectivity index (χ0) is 10.2. The summed E-state index contributed by atoms with van der Waals surface area (Å²) in [6, 6.07) is 0.581. The highest BCUT2D eigenvalue weighted by atomic mass is 16.5. The van der Waals surface area contributed by atoms with Gasteiger partial charge in [0, 0.05) is 26.4 Å². The largest absolute Gasteiger partial charge is 0.385 e. The Morgan fingerprint density at radius 3 is 2.86 bits per heavy atom. The monoisotopic (exact) mass is 201 g/mol. The maximum Gasteiger partial charge on any atom is 0.0700 e. The van der Waals surface area contributed by atoms with Crippen LogP contribution in [0.25, 0.3) is 0 Å². The van der Waals surface area contributed by atoms with E-state index in [-0.39, 0.29) is 0 Å². The molecule has 1 saturated heterocycles. The molecular formula is C11H23NO2. The zero-order valence-electron chi connectivity index (χ0n) is 9.42. The maximum absolute atomic E-state index is 5.48. The third kappa shape index (κ3) is 4.40. The van der Waals surface area contributed by atoms with Crippen molar-refractivity contribution in [1.29, 1.82) is 0 Å². The molecule has 3 heteroatoms. The summed E-state index contributed by atoms with van der Waals surface area (Å²) in [6.07, 6.45) is 5.23. The van der Waals surface area contributed by atoms with Gasteiger partial charge in [0.15, 0.2) is 0 Å². The quantitative estimate of drug-likeness (QED) is 0.634. The van der Waals surface area contributed by atoms with Crippen molar-refractivity contribution < 1.29 is 9.47 Å². The van der Waals surface area contributed by atoms with Crippen LogP contribution in [0.15, 0.2) is 0 Å². The molecule has 0 aromatic rings. The molecule has 0 aromatic heterocycles. The standard InChI is InChI=1S/C11H23NO2/c1-10-11(6-9-14-10)12-7-4-3-5-8-13-2/h10-12H,3-9H2,1-2H3. The molecule has 1 heterocycles. The smallest absolute Gasteiger partial charge is 0.0700 e. The minimum absolute atomic E-state index is 0.397. The molecule has 1 N–H and O–H groups in total. The normalized spacial score (nSPS) is 27.0. The molecule has 1 aliphatic rings. The van der Waals surface area contributed by atoms with Crippen LogP contribution in [0.3, 0.4) is 0 Å². The molecule has 1 aliphatic heterocycles. The summed E-state index contributed by atoms with van der Waals surface area (Å²) in [5.74, 6) is 0. The predicted molar refractivity (Wildman–Crippen MR) is 57.5 cm³/mol. The molecule has 0 amide bonds. The van der Waals surface area contributed by atoms with Crippen LogP contribution in [0.4, 0.5) is 0 Å². The maximum atomic E-state index is 5.48. The van der Waals surface area contributed by atoms with Crippen LogP contribution in [0.5, 0.6) is 0 Å². The van der Waals surface area contributed by atoms with Gasteiger partial charge in [-0.15, -0.1) is 0 Å². The van der Waals surface area contributed by atoms with Gasteiger partial charge in [-0.2, -0.15) is 0 Å². The highest BCUT2D eigenvalue weighted by molar-refractivity contribution is 4.78. The van der Waals surface area contributed by atoms with Crippen molar-refractivity contribution in [3.63, 3.8) is 0 Å². The first-order valence-electron chi connectivity index (χ1n) is 5.68. The van der Waals surface area contributed by atoms with E-state index < -0.39 is 0 Å². The number of nitrogens with one attached hydrogen (secondary N) is 1. The van der Waals surface area contributed by atoms with Crippen LogP contribution < -0.4 is 5.32 Å². The summed E-state index contributed by atoms with van der Waals surface area (Å²) in [5, 5.41) is 3.54. The van der Waals surface area contributed by atoms with E-state index in [1.165, 1.54) is 25.7 Å². The third-order valence-electron chi connectivity index (χ3n) is 2.81.